The van der Waals surface area contributed by atoms with Gasteiger partial charge in [-0.25, -0.2) is 4.39 Å². The minimum atomic E-state index is -0.582. The van der Waals surface area contributed by atoms with Gasteiger partial charge in [0.1, 0.15) is 29.8 Å². The zero-order chi connectivity index (χ0) is 20.6. The highest BCUT2D eigenvalue weighted by Crippen LogP contribution is 2.21. The van der Waals surface area contributed by atoms with E-state index in [1.54, 1.807) is 30.3 Å². The van der Waals surface area contributed by atoms with Crippen molar-refractivity contribution in [3.8, 4) is 11.8 Å². The highest BCUT2D eigenvalue weighted by atomic mass is 35.5. The van der Waals surface area contributed by atoms with Crippen molar-refractivity contribution in [2.75, 3.05) is 5.32 Å². The Morgan fingerprint density at radius 2 is 1.86 bits per heavy atom. The molecule has 3 aromatic rings. The number of anilines is 1. The van der Waals surface area contributed by atoms with Gasteiger partial charge in [-0.3, -0.25) is 4.79 Å². The molecule has 0 saturated carbocycles. The predicted octanol–water partition coefficient (Wildman–Crippen LogP) is 5.60. The maximum absolute atomic E-state index is 13.0. The molecule has 0 saturated heterocycles. The molecule has 1 amide bonds. The summed E-state index contributed by atoms with van der Waals surface area (Å²) in [6.07, 6.45) is 1.46. The number of benzene rings is 3. The monoisotopic (exact) mass is 406 g/mol. The van der Waals surface area contributed by atoms with Crippen LogP contribution in [0, 0.1) is 17.1 Å². The molecule has 0 spiro atoms. The fourth-order valence-electron chi connectivity index (χ4n) is 2.52. The third-order valence-corrected chi connectivity index (χ3v) is 4.36. The molecule has 0 aliphatic rings. The van der Waals surface area contributed by atoms with Crippen molar-refractivity contribution in [2.24, 2.45) is 0 Å². The number of carbonyl (C=O) groups excluding carboxylic acids is 1. The number of amides is 1. The third kappa shape index (κ3) is 5.68. The number of hydrogen-bond acceptors (Lipinski definition) is 3. The van der Waals surface area contributed by atoms with Gasteiger partial charge in [-0.2, -0.15) is 5.26 Å². The third-order valence-electron chi connectivity index (χ3n) is 3.99. The first-order valence-electron chi connectivity index (χ1n) is 8.70. The number of ether oxygens (including phenoxy) is 1. The molecule has 3 aromatic carbocycles. The van der Waals surface area contributed by atoms with Crippen LogP contribution in [-0.4, -0.2) is 5.91 Å². The average Bonchev–Trinajstić information content (AvgIpc) is 2.73. The van der Waals surface area contributed by atoms with E-state index < -0.39 is 11.7 Å². The number of nitrogens with one attached hydrogen (secondary N) is 1. The summed E-state index contributed by atoms with van der Waals surface area (Å²) in [6.45, 7) is 0.295. The van der Waals surface area contributed by atoms with E-state index in [9.17, 15) is 14.4 Å². The Morgan fingerprint density at radius 3 is 2.59 bits per heavy atom. The molecular formula is C23H16ClFN2O2. The maximum atomic E-state index is 13.0. The summed E-state index contributed by atoms with van der Waals surface area (Å²) >= 11 is 6.13. The topological polar surface area (TPSA) is 62.1 Å². The molecule has 0 atom stereocenters. The van der Waals surface area contributed by atoms with Crippen molar-refractivity contribution in [1.82, 2.24) is 0 Å². The van der Waals surface area contributed by atoms with Crippen molar-refractivity contribution >= 4 is 29.3 Å². The summed E-state index contributed by atoms with van der Waals surface area (Å²) in [5.74, 6) is -0.413. The van der Waals surface area contributed by atoms with E-state index in [0.29, 0.717) is 28.6 Å². The summed E-state index contributed by atoms with van der Waals surface area (Å²) in [5, 5.41) is 12.5. The predicted molar refractivity (Wildman–Crippen MR) is 111 cm³/mol. The zero-order valence-corrected chi connectivity index (χ0v) is 16.0. The lowest BCUT2D eigenvalue weighted by molar-refractivity contribution is -0.112. The number of halogens is 2. The second kappa shape index (κ2) is 9.54. The van der Waals surface area contributed by atoms with Crippen LogP contribution in [0.5, 0.6) is 5.75 Å². The van der Waals surface area contributed by atoms with Crippen LogP contribution in [-0.2, 0) is 11.4 Å². The van der Waals surface area contributed by atoms with Crippen molar-refractivity contribution in [2.45, 2.75) is 6.61 Å². The number of hydrogen-bond donors (Lipinski definition) is 1. The lowest BCUT2D eigenvalue weighted by atomic mass is 10.1. The molecule has 0 heterocycles. The largest absolute Gasteiger partial charge is 0.489 e. The van der Waals surface area contributed by atoms with Crippen LogP contribution < -0.4 is 10.1 Å². The van der Waals surface area contributed by atoms with Crippen LogP contribution >= 0.6 is 11.6 Å². The van der Waals surface area contributed by atoms with Gasteiger partial charge >= 0.3 is 0 Å². The zero-order valence-electron chi connectivity index (χ0n) is 15.2. The highest BCUT2D eigenvalue weighted by Gasteiger charge is 2.10. The van der Waals surface area contributed by atoms with Gasteiger partial charge < -0.3 is 10.1 Å². The van der Waals surface area contributed by atoms with E-state index in [2.05, 4.69) is 5.32 Å². The lowest BCUT2D eigenvalue weighted by Crippen LogP contribution is -2.13. The van der Waals surface area contributed by atoms with Gasteiger partial charge in [0.2, 0.25) is 0 Å². The molecule has 4 nitrogen and oxygen atoms in total. The Kier molecular flexibility index (Phi) is 6.62. The average molecular weight is 407 g/mol. The van der Waals surface area contributed by atoms with Gasteiger partial charge in [-0.15, -0.1) is 0 Å². The summed E-state index contributed by atoms with van der Waals surface area (Å²) < 4.78 is 18.7. The Hall–Kier alpha value is -3.62. The molecule has 0 aromatic heterocycles. The Bertz CT molecular complexity index is 1090. The first-order valence-corrected chi connectivity index (χ1v) is 9.08. The summed E-state index contributed by atoms with van der Waals surface area (Å²) in [4.78, 5) is 12.3. The summed E-state index contributed by atoms with van der Waals surface area (Å²) in [7, 11) is 0. The van der Waals surface area contributed by atoms with Crippen molar-refractivity contribution in [3.05, 3.63) is 100 Å². The van der Waals surface area contributed by atoms with Gasteiger partial charge in [-0.05, 0) is 54.1 Å². The standard InChI is InChI=1S/C23H16ClFN2O2/c24-22-7-2-1-5-17(22)15-29-21-6-3-4-16(13-21)12-18(14-26)23(28)27-20-10-8-19(25)9-11-20/h1-13H,15H2,(H,27,28)/b18-12+. The van der Waals surface area contributed by atoms with E-state index in [1.807, 2.05) is 24.3 Å². The van der Waals surface area contributed by atoms with Gasteiger partial charge in [0, 0.05) is 16.3 Å². The maximum Gasteiger partial charge on any atom is 0.266 e. The van der Waals surface area contributed by atoms with Crippen LogP contribution in [0.15, 0.2) is 78.4 Å². The Labute approximate surface area is 172 Å². The first-order chi connectivity index (χ1) is 14.0. The smallest absolute Gasteiger partial charge is 0.266 e. The number of rotatable bonds is 6. The number of nitriles is 1. The summed E-state index contributed by atoms with van der Waals surface area (Å²) in [6, 6.07) is 21.6. The molecule has 0 fully saturated rings. The fourth-order valence-corrected chi connectivity index (χ4v) is 2.71. The van der Waals surface area contributed by atoms with E-state index in [4.69, 9.17) is 16.3 Å². The van der Waals surface area contributed by atoms with E-state index >= 15 is 0 Å². The number of carbonyl (C=O) groups is 1. The highest BCUT2D eigenvalue weighted by molar-refractivity contribution is 6.31. The molecule has 0 radical (unpaired) electrons. The second-order valence-electron chi connectivity index (χ2n) is 6.08. The van der Waals surface area contributed by atoms with Crippen LogP contribution in [0.4, 0.5) is 10.1 Å². The fraction of sp³-hybridized carbons (Fsp3) is 0.0435. The molecule has 29 heavy (non-hydrogen) atoms. The molecule has 1 N–H and O–H groups in total. The summed E-state index contributed by atoms with van der Waals surface area (Å²) in [5.41, 5.74) is 1.80. The minimum absolute atomic E-state index is 0.0856. The van der Waals surface area contributed by atoms with Crippen molar-refractivity contribution in [1.29, 1.82) is 5.26 Å². The molecule has 144 valence electrons. The SMILES string of the molecule is N#C/C(=C\c1cccc(OCc2ccccc2Cl)c1)C(=O)Nc1ccc(F)cc1. The quantitative estimate of drug-likeness (QED) is 0.428. The van der Waals surface area contributed by atoms with Gasteiger partial charge in [0.15, 0.2) is 0 Å². The minimum Gasteiger partial charge on any atom is -0.489 e. The van der Waals surface area contributed by atoms with E-state index in [0.717, 1.165) is 5.56 Å². The molecule has 0 unspecified atom stereocenters. The Morgan fingerprint density at radius 1 is 1.10 bits per heavy atom. The van der Waals surface area contributed by atoms with Gasteiger partial charge in [-0.1, -0.05) is 41.9 Å². The second-order valence-corrected chi connectivity index (χ2v) is 6.49. The molecule has 0 bridgehead atoms. The molecule has 0 aliphatic carbocycles. The van der Waals surface area contributed by atoms with Crippen LogP contribution in [0.2, 0.25) is 5.02 Å². The normalized spacial score (nSPS) is 10.9. The Balaban J connectivity index is 1.71. The van der Waals surface area contributed by atoms with E-state index in [1.165, 1.54) is 30.3 Å². The molecule has 3 rings (SSSR count). The number of nitrogens with zero attached hydrogens (tertiary/aromatic N) is 1. The van der Waals surface area contributed by atoms with Crippen molar-refractivity contribution in [3.63, 3.8) is 0 Å². The molecule has 0 aliphatic heterocycles. The van der Waals surface area contributed by atoms with Crippen LogP contribution in [0.3, 0.4) is 0 Å². The van der Waals surface area contributed by atoms with Crippen LogP contribution in [0.1, 0.15) is 11.1 Å². The molecule has 6 heteroatoms. The van der Waals surface area contributed by atoms with Crippen LogP contribution in [0.25, 0.3) is 6.08 Å². The van der Waals surface area contributed by atoms with Gasteiger partial charge in [0.05, 0.1) is 0 Å². The first kappa shape index (κ1) is 20.1. The van der Waals surface area contributed by atoms with E-state index in [-0.39, 0.29) is 5.57 Å². The van der Waals surface area contributed by atoms with Gasteiger partial charge in [0.25, 0.3) is 5.91 Å². The lowest BCUT2D eigenvalue weighted by Gasteiger charge is -2.08. The van der Waals surface area contributed by atoms with Crippen molar-refractivity contribution < 1.29 is 13.9 Å². The molecular weight excluding hydrogens is 391 g/mol.